The summed E-state index contributed by atoms with van der Waals surface area (Å²) in [6.45, 7) is 2.60. The topological polar surface area (TPSA) is 59.9 Å². The maximum absolute atomic E-state index is 13.5. The van der Waals surface area contributed by atoms with Gasteiger partial charge in [-0.15, -0.1) is 24.0 Å². The number of nitrogens with one attached hydrogen (secondary N) is 2. The number of aliphatic imine (C=N–C) groups is 1. The van der Waals surface area contributed by atoms with Crippen molar-refractivity contribution in [2.75, 3.05) is 31.6 Å². The van der Waals surface area contributed by atoms with Crippen molar-refractivity contribution in [1.82, 2.24) is 10.6 Å². The molecule has 1 fully saturated rings. The van der Waals surface area contributed by atoms with Crippen molar-refractivity contribution in [3.8, 4) is 5.75 Å². The molecular weight excluding hydrogens is 482 g/mol. The zero-order valence-electron chi connectivity index (χ0n) is 16.8. The largest absolute Gasteiger partial charge is 0.508 e. The van der Waals surface area contributed by atoms with Gasteiger partial charge < -0.3 is 20.6 Å². The first-order valence-electron chi connectivity index (χ1n) is 9.89. The van der Waals surface area contributed by atoms with Crippen LogP contribution in [0.15, 0.2) is 53.5 Å². The van der Waals surface area contributed by atoms with Crippen LogP contribution in [0, 0.1) is 5.82 Å². The molecular formula is C22H30FIN4O. The van der Waals surface area contributed by atoms with Crippen LogP contribution in [-0.2, 0) is 6.42 Å². The highest BCUT2D eigenvalue weighted by Gasteiger charge is 2.21. The van der Waals surface area contributed by atoms with Gasteiger partial charge in [-0.05, 0) is 61.6 Å². The summed E-state index contributed by atoms with van der Waals surface area (Å²) >= 11 is 0. The normalized spacial score (nSPS) is 16.8. The molecule has 29 heavy (non-hydrogen) atoms. The Morgan fingerprint density at radius 1 is 1.24 bits per heavy atom. The molecule has 0 bridgehead atoms. The number of aryl methyl sites for hydroxylation is 1. The van der Waals surface area contributed by atoms with Gasteiger partial charge in [-0.1, -0.05) is 18.2 Å². The van der Waals surface area contributed by atoms with Crippen molar-refractivity contribution in [2.24, 2.45) is 4.99 Å². The Morgan fingerprint density at radius 3 is 2.76 bits per heavy atom. The average molecular weight is 512 g/mol. The summed E-state index contributed by atoms with van der Waals surface area (Å²) in [7, 11) is 1.78. The maximum Gasteiger partial charge on any atom is 0.191 e. The van der Waals surface area contributed by atoms with Crippen molar-refractivity contribution in [1.29, 1.82) is 0 Å². The van der Waals surface area contributed by atoms with Crippen molar-refractivity contribution < 1.29 is 9.50 Å². The monoisotopic (exact) mass is 512 g/mol. The number of piperidine rings is 1. The fraction of sp³-hybridized carbons (Fsp3) is 0.409. The molecule has 1 unspecified atom stereocenters. The molecule has 158 valence electrons. The number of nitrogens with zero attached hydrogens (tertiary/aromatic N) is 2. The number of benzene rings is 2. The van der Waals surface area contributed by atoms with Gasteiger partial charge in [-0.3, -0.25) is 4.99 Å². The number of hydrogen-bond donors (Lipinski definition) is 3. The third kappa shape index (κ3) is 7.38. The van der Waals surface area contributed by atoms with Crippen LogP contribution < -0.4 is 15.5 Å². The van der Waals surface area contributed by atoms with E-state index in [1.54, 1.807) is 31.3 Å². The second-order valence-electron chi connectivity index (χ2n) is 7.18. The number of halogens is 2. The van der Waals surface area contributed by atoms with Crippen LogP contribution in [0.2, 0.25) is 0 Å². The molecule has 1 aliphatic rings. The first-order valence-corrected chi connectivity index (χ1v) is 9.89. The van der Waals surface area contributed by atoms with Crippen LogP contribution in [0.1, 0.15) is 24.8 Å². The minimum absolute atomic E-state index is 0. The van der Waals surface area contributed by atoms with Crippen molar-refractivity contribution >= 4 is 35.6 Å². The molecule has 7 heteroatoms. The maximum atomic E-state index is 13.5. The molecule has 0 amide bonds. The van der Waals surface area contributed by atoms with Gasteiger partial charge >= 0.3 is 0 Å². The molecule has 0 radical (unpaired) electrons. The summed E-state index contributed by atoms with van der Waals surface area (Å²) in [6, 6.07) is 14.4. The van der Waals surface area contributed by atoms with Gasteiger partial charge in [0.15, 0.2) is 5.96 Å². The van der Waals surface area contributed by atoms with E-state index in [4.69, 9.17) is 0 Å². The van der Waals surface area contributed by atoms with Crippen LogP contribution in [-0.4, -0.2) is 43.8 Å². The van der Waals surface area contributed by atoms with E-state index in [0.29, 0.717) is 5.75 Å². The smallest absolute Gasteiger partial charge is 0.191 e. The number of rotatable bonds is 6. The van der Waals surface area contributed by atoms with E-state index in [9.17, 15) is 9.50 Å². The fourth-order valence-electron chi connectivity index (χ4n) is 3.55. The summed E-state index contributed by atoms with van der Waals surface area (Å²) in [5.41, 5.74) is 2.14. The predicted molar refractivity (Wildman–Crippen MR) is 128 cm³/mol. The Balaban J connectivity index is 0.00000300. The van der Waals surface area contributed by atoms with E-state index in [-0.39, 0.29) is 35.8 Å². The van der Waals surface area contributed by atoms with Gasteiger partial charge in [0.1, 0.15) is 11.6 Å². The molecule has 1 saturated heterocycles. The van der Waals surface area contributed by atoms with E-state index in [2.05, 4.69) is 20.5 Å². The summed E-state index contributed by atoms with van der Waals surface area (Å²) in [5.74, 6) is 0.904. The van der Waals surface area contributed by atoms with Crippen LogP contribution in [0.3, 0.4) is 0 Å². The standard InChI is InChI=1S/C22H29FN4O.HI/c1-24-22(25-13-3-5-17-9-11-21(28)12-10-17)26-19-7-4-14-27(16-19)20-8-2-6-18(23)15-20;/h2,6,8-12,15,19,28H,3-5,7,13-14,16H2,1H3,(H2,24,25,26);1H. The third-order valence-electron chi connectivity index (χ3n) is 5.03. The number of guanidine groups is 1. The highest BCUT2D eigenvalue weighted by Crippen LogP contribution is 2.20. The van der Waals surface area contributed by atoms with E-state index in [1.165, 1.54) is 11.6 Å². The van der Waals surface area contributed by atoms with Crippen molar-refractivity contribution in [3.05, 3.63) is 59.9 Å². The Hall–Kier alpha value is -2.03. The van der Waals surface area contributed by atoms with E-state index < -0.39 is 0 Å². The molecule has 0 aliphatic carbocycles. The third-order valence-corrected chi connectivity index (χ3v) is 5.03. The highest BCUT2D eigenvalue weighted by atomic mass is 127. The van der Waals surface area contributed by atoms with E-state index in [0.717, 1.165) is 57.0 Å². The van der Waals surface area contributed by atoms with Gasteiger partial charge in [0.25, 0.3) is 0 Å². The lowest BCUT2D eigenvalue weighted by atomic mass is 10.0. The SMILES string of the molecule is CN=C(NCCCc1ccc(O)cc1)NC1CCCN(c2cccc(F)c2)C1.I. The number of anilines is 1. The lowest BCUT2D eigenvalue weighted by Crippen LogP contribution is -2.51. The number of phenols is 1. The molecule has 1 heterocycles. The van der Waals surface area contributed by atoms with Crippen LogP contribution in [0.5, 0.6) is 5.75 Å². The van der Waals surface area contributed by atoms with Gasteiger partial charge in [0.05, 0.1) is 0 Å². The lowest BCUT2D eigenvalue weighted by molar-refractivity contribution is 0.467. The fourth-order valence-corrected chi connectivity index (χ4v) is 3.55. The van der Waals surface area contributed by atoms with Crippen LogP contribution in [0.4, 0.5) is 10.1 Å². The first kappa shape index (κ1) is 23.3. The van der Waals surface area contributed by atoms with Gasteiger partial charge in [-0.25, -0.2) is 4.39 Å². The minimum Gasteiger partial charge on any atom is -0.508 e. The Kier molecular flexibility index (Phi) is 9.50. The Bertz CT molecular complexity index is 785. The second-order valence-corrected chi connectivity index (χ2v) is 7.18. The molecule has 5 nitrogen and oxygen atoms in total. The van der Waals surface area contributed by atoms with Gasteiger partial charge in [-0.2, -0.15) is 0 Å². The Morgan fingerprint density at radius 2 is 2.03 bits per heavy atom. The molecule has 3 N–H and O–H groups in total. The second kappa shape index (κ2) is 11.8. The molecule has 2 aromatic carbocycles. The number of hydrogen-bond acceptors (Lipinski definition) is 3. The number of phenolic OH excluding ortho intramolecular Hbond substituents is 1. The number of aromatic hydroxyl groups is 1. The summed E-state index contributed by atoms with van der Waals surface area (Å²) < 4.78 is 13.5. The summed E-state index contributed by atoms with van der Waals surface area (Å²) in [4.78, 5) is 6.56. The zero-order chi connectivity index (χ0) is 19.8. The average Bonchev–Trinajstić information content (AvgIpc) is 2.72. The van der Waals surface area contributed by atoms with Gasteiger partial charge in [0.2, 0.25) is 0 Å². The molecule has 0 spiro atoms. The van der Waals surface area contributed by atoms with E-state index in [1.807, 2.05) is 18.2 Å². The molecule has 1 aliphatic heterocycles. The minimum atomic E-state index is -0.196. The molecule has 1 atom stereocenters. The first-order chi connectivity index (χ1) is 13.6. The quantitative estimate of drug-likeness (QED) is 0.238. The summed E-state index contributed by atoms with van der Waals surface area (Å²) in [6.07, 6.45) is 4.05. The lowest BCUT2D eigenvalue weighted by Gasteiger charge is -2.35. The highest BCUT2D eigenvalue weighted by molar-refractivity contribution is 14.0. The van der Waals surface area contributed by atoms with Crippen LogP contribution >= 0.6 is 24.0 Å². The molecule has 3 rings (SSSR count). The molecule has 2 aromatic rings. The van der Waals surface area contributed by atoms with E-state index >= 15 is 0 Å². The van der Waals surface area contributed by atoms with Crippen molar-refractivity contribution in [2.45, 2.75) is 31.7 Å². The molecule has 0 saturated carbocycles. The zero-order valence-corrected chi connectivity index (χ0v) is 19.1. The van der Waals surface area contributed by atoms with Gasteiger partial charge in [0, 0.05) is 38.4 Å². The van der Waals surface area contributed by atoms with Crippen molar-refractivity contribution in [3.63, 3.8) is 0 Å². The Labute approximate surface area is 189 Å². The van der Waals surface area contributed by atoms with Crippen LogP contribution in [0.25, 0.3) is 0 Å². The summed E-state index contributed by atoms with van der Waals surface area (Å²) in [5, 5.41) is 16.2. The molecule has 0 aromatic heterocycles. The predicted octanol–water partition coefficient (Wildman–Crippen LogP) is 3.92.